The Balaban J connectivity index is 1.64. The lowest BCUT2D eigenvalue weighted by atomic mass is 10.1. The molecule has 1 aliphatic rings. The zero-order valence-corrected chi connectivity index (χ0v) is 15.6. The van der Waals surface area contributed by atoms with Crippen LogP contribution in [0.5, 0.6) is 23.0 Å². The second-order valence-corrected chi connectivity index (χ2v) is 5.96. The smallest absolute Gasteiger partial charge is 0.244 e. The van der Waals surface area contributed by atoms with Crippen molar-refractivity contribution in [2.24, 2.45) is 5.10 Å². The zero-order chi connectivity index (χ0) is 19.2. The van der Waals surface area contributed by atoms with Gasteiger partial charge in [0.05, 0.1) is 26.4 Å². The van der Waals surface area contributed by atoms with Gasteiger partial charge in [0.1, 0.15) is 13.2 Å². The van der Waals surface area contributed by atoms with E-state index in [-0.39, 0.29) is 12.3 Å². The fourth-order valence-corrected chi connectivity index (χ4v) is 2.69. The Morgan fingerprint density at radius 1 is 1.04 bits per heavy atom. The van der Waals surface area contributed by atoms with Crippen LogP contribution in [-0.4, -0.2) is 39.1 Å². The molecule has 0 bridgehead atoms. The summed E-state index contributed by atoms with van der Waals surface area (Å²) in [6.45, 7) is 2.86. The van der Waals surface area contributed by atoms with Gasteiger partial charge in [0.15, 0.2) is 23.0 Å². The summed E-state index contributed by atoms with van der Waals surface area (Å²) in [6, 6.07) is 10.9. The van der Waals surface area contributed by atoms with E-state index in [1.54, 1.807) is 20.3 Å². The van der Waals surface area contributed by atoms with Gasteiger partial charge >= 0.3 is 0 Å². The second kappa shape index (κ2) is 8.44. The van der Waals surface area contributed by atoms with Crippen molar-refractivity contribution in [3.8, 4) is 23.0 Å². The second-order valence-electron chi connectivity index (χ2n) is 5.96. The Kier molecular flexibility index (Phi) is 5.80. The van der Waals surface area contributed by atoms with E-state index in [0.717, 1.165) is 11.1 Å². The number of amides is 1. The number of carbonyl (C=O) groups excluding carboxylic acids is 1. The summed E-state index contributed by atoms with van der Waals surface area (Å²) in [5, 5.41) is 4.17. The number of hydrazone groups is 1. The van der Waals surface area contributed by atoms with Gasteiger partial charge in [-0.3, -0.25) is 4.79 Å². The predicted octanol–water partition coefficient (Wildman–Crippen LogP) is 2.56. The third-order valence-electron chi connectivity index (χ3n) is 4.12. The average Bonchev–Trinajstić information content (AvgIpc) is 2.71. The monoisotopic (exact) mass is 370 g/mol. The number of benzene rings is 2. The van der Waals surface area contributed by atoms with Crippen molar-refractivity contribution in [3.63, 3.8) is 0 Å². The first-order valence-corrected chi connectivity index (χ1v) is 8.54. The Bertz CT molecular complexity index is 863. The molecule has 0 aromatic heterocycles. The van der Waals surface area contributed by atoms with Crippen LogP contribution in [0, 0.1) is 0 Å². The quantitative estimate of drug-likeness (QED) is 0.625. The largest absolute Gasteiger partial charge is 0.493 e. The Morgan fingerprint density at radius 2 is 1.78 bits per heavy atom. The molecule has 2 aromatic rings. The van der Waals surface area contributed by atoms with E-state index in [9.17, 15) is 4.79 Å². The number of ether oxygens (including phenoxy) is 4. The molecule has 0 radical (unpaired) electrons. The molecule has 1 heterocycles. The van der Waals surface area contributed by atoms with E-state index in [2.05, 4.69) is 10.5 Å². The summed E-state index contributed by atoms with van der Waals surface area (Å²) >= 11 is 0. The standard InChI is InChI=1S/C20H22N2O5/c1-13(15-5-7-16(24-2)18(12-15)25-3)21-22-20(23)11-14-4-6-17-19(10-14)27-9-8-26-17/h4-7,10,12H,8-9,11H2,1-3H3,(H,22,23)/b21-13-. The molecule has 0 atom stereocenters. The van der Waals surface area contributed by atoms with Crippen LogP contribution in [-0.2, 0) is 11.2 Å². The van der Waals surface area contributed by atoms with Gasteiger partial charge in [0, 0.05) is 5.56 Å². The molecule has 2 aromatic carbocycles. The number of nitrogens with zero attached hydrogens (tertiary/aromatic N) is 1. The number of fused-ring (bicyclic) bond motifs is 1. The summed E-state index contributed by atoms with van der Waals surface area (Å²) in [7, 11) is 3.15. The van der Waals surface area contributed by atoms with Crippen molar-refractivity contribution < 1.29 is 23.7 Å². The van der Waals surface area contributed by atoms with Crippen LogP contribution in [0.3, 0.4) is 0 Å². The van der Waals surface area contributed by atoms with Gasteiger partial charge in [-0.05, 0) is 42.8 Å². The van der Waals surface area contributed by atoms with Crippen LogP contribution >= 0.6 is 0 Å². The highest BCUT2D eigenvalue weighted by Crippen LogP contribution is 2.31. The molecule has 1 N–H and O–H groups in total. The Hall–Kier alpha value is -3.22. The van der Waals surface area contributed by atoms with E-state index in [0.29, 0.717) is 41.9 Å². The fraction of sp³-hybridized carbons (Fsp3) is 0.300. The van der Waals surface area contributed by atoms with Crippen LogP contribution < -0.4 is 24.4 Å². The maximum Gasteiger partial charge on any atom is 0.244 e. The highest BCUT2D eigenvalue weighted by atomic mass is 16.6. The minimum absolute atomic E-state index is 0.194. The van der Waals surface area contributed by atoms with Crippen molar-refractivity contribution in [3.05, 3.63) is 47.5 Å². The molecule has 1 amide bonds. The molecule has 142 valence electrons. The summed E-state index contributed by atoms with van der Waals surface area (Å²) < 4.78 is 21.5. The zero-order valence-electron chi connectivity index (χ0n) is 15.6. The van der Waals surface area contributed by atoms with E-state index in [1.165, 1.54) is 0 Å². The lowest BCUT2D eigenvalue weighted by Gasteiger charge is -2.18. The van der Waals surface area contributed by atoms with Gasteiger partial charge in [-0.2, -0.15) is 5.10 Å². The van der Waals surface area contributed by atoms with Crippen molar-refractivity contribution in [2.45, 2.75) is 13.3 Å². The number of nitrogens with one attached hydrogen (secondary N) is 1. The minimum Gasteiger partial charge on any atom is -0.493 e. The molecule has 0 spiro atoms. The molecule has 0 unspecified atom stereocenters. The lowest BCUT2D eigenvalue weighted by molar-refractivity contribution is -0.120. The first-order chi connectivity index (χ1) is 13.1. The molecular formula is C20H22N2O5. The number of rotatable bonds is 6. The maximum absolute atomic E-state index is 12.2. The van der Waals surface area contributed by atoms with Crippen molar-refractivity contribution in [1.29, 1.82) is 0 Å². The topological polar surface area (TPSA) is 78.4 Å². The molecule has 0 saturated carbocycles. The number of carbonyl (C=O) groups is 1. The Morgan fingerprint density at radius 3 is 2.52 bits per heavy atom. The summed E-state index contributed by atoms with van der Waals surface area (Å²) in [5.74, 6) is 2.39. The first-order valence-electron chi connectivity index (χ1n) is 8.54. The highest BCUT2D eigenvalue weighted by molar-refractivity contribution is 5.99. The van der Waals surface area contributed by atoms with E-state index in [4.69, 9.17) is 18.9 Å². The van der Waals surface area contributed by atoms with Gasteiger partial charge < -0.3 is 18.9 Å². The lowest BCUT2D eigenvalue weighted by Crippen LogP contribution is -2.21. The Labute approximate surface area is 157 Å². The molecular weight excluding hydrogens is 348 g/mol. The van der Waals surface area contributed by atoms with Gasteiger partial charge in [-0.1, -0.05) is 6.07 Å². The molecule has 7 nitrogen and oxygen atoms in total. The minimum atomic E-state index is -0.216. The van der Waals surface area contributed by atoms with Crippen LogP contribution in [0.15, 0.2) is 41.5 Å². The van der Waals surface area contributed by atoms with E-state index >= 15 is 0 Å². The van der Waals surface area contributed by atoms with E-state index in [1.807, 2.05) is 37.3 Å². The van der Waals surface area contributed by atoms with Gasteiger partial charge in [-0.15, -0.1) is 0 Å². The number of hydrogen-bond donors (Lipinski definition) is 1. The molecule has 0 saturated heterocycles. The molecule has 3 rings (SSSR count). The van der Waals surface area contributed by atoms with Crippen molar-refractivity contribution in [2.75, 3.05) is 27.4 Å². The maximum atomic E-state index is 12.2. The summed E-state index contributed by atoms with van der Waals surface area (Å²) in [5.41, 5.74) is 4.89. The van der Waals surface area contributed by atoms with Gasteiger partial charge in [0.25, 0.3) is 0 Å². The van der Waals surface area contributed by atoms with Crippen molar-refractivity contribution >= 4 is 11.6 Å². The molecule has 1 aliphatic heterocycles. The van der Waals surface area contributed by atoms with Crippen molar-refractivity contribution in [1.82, 2.24) is 5.43 Å². The average molecular weight is 370 g/mol. The molecule has 7 heteroatoms. The molecule has 0 fully saturated rings. The molecule has 0 aliphatic carbocycles. The van der Waals surface area contributed by atoms with Crippen LogP contribution in [0.4, 0.5) is 0 Å². The van der Waals surface area contributed by atoms with Crippen LogP contribution in [0.2, 0.25) is 0 Å². The van der Waals surface area contributed by atoms with E-state index < -0.39 is 0 Å². The third kappa shape index (κ3) is 4.49. The van der Waals surface area contributed by atoms with Gasteiger partial charge in [-0.25, -0.2) is 5.43 Å². The van der Waals surface area contributed by atoms with Crippen LogP contribution in [0.25, 0.3) is 0 Å². The normalized spacial score (nSPS) is 13.1. The predicted molar refractivity (Wildman–Crippen MR) is 101 cm³/mol. The fourth-order valence-electron chi connectivity index (χ4n) is 2.69. The third-order valence-corrected chi connectivity index (χ3v) is 4.12. The van der Waals surface area contributed by atoms with Gasteiger partial charge in [0.2, 0.25) is 5.91 Å². The first kappa shape index (κ1) is 18.6. The SMILES string of the molecule is COc1ccc(/C(C)=N\NC(=O)Cc2ccc3c(c2)OCCO3)cc1OC. The summed E-state index contributed by atoms with van der Waals surface area (Å²) in [4.78, 5) is 12.2. The number of hydrogen-bond acceptors (Lipinski definition) is 6. The highest BCUT2D eigenvalue weighted by Gasteiger charge is 2.13. The molecule has 27 heavy (non-hydrogen) atoms. The number of methoxy groups -OCH3 is 2. The summed E-state index contributed by atoms with van der Waals surface area (Å²) in [6.07, 6.45) is 0.194. The van der Waals surface area contributed by atoms with Crippen LogP contribution in [0.1, 0.15) is 18.1 Å².